The van der Waals surface area contributed by atoms with Crippen molar-refractivity contribution in [2.45, 2.75) is 19.8 Å². The summed E-state index contributed by atoms with van der Waals surface area (Å²) in [6.45, 7) is 2.07. The second kappa shape index (κ2) is 4.74. The number of nitrogens with zero attached hydrogens (tertiary/aromatic N) is 2. The molecule has 0 saturated heterocycles. The maximum atomic E-state index is 13.3. The molecule has 0 unspecified atom stereocenters. The normalized spacial score (nSPS) is 10.7. The minimum atomic E-state index is -0.306. The van der Waals surface area contributed by atoms with E-state index in [-0.39, 0.29) is 5.82 Å². The van der Waals surface area contributed by atoms with Crippen molar-refractivity contribution in [3.63, 3.8) is 0 Å². The second-order valence-electron chi connectivity index (χ2n) is 3.48. The number of aromatic nitrogens is 3. The van der Waals surface area contributed by atoms with Crippen molar-refractivity contribution < 1.29 is 4.39 Å². The predicted molar refractivity (Wildman–Crippen MR) is 63.5 cm³/mol. The van der Waals surface area contributed by atoms with E-state index in [0.29, 0.717) is 15.9 Å². The van der Waals surface area contributed by atoms with Gasteiger partial charge in [0, 0.05) is 12.0 Å². The van der Waals surface area contributed by atoms with Gasteiger partial charge in [-0.05, 0) is 40.5 Å². The standard InChI is InChI=1S/C11H11BrFN3/c1-2-3-10-14-11(16-15-10)7-4-5-8(12)9(13)6-7/h4-6H,2-3H2,1H3,(H,14,15,16). The van der Waals surface area contributed by atoms with Crippen molar-refractivity contribution in [1.29, 1.82) is 0 Å². The van der Waals surface area contributed by atoms with Gasteiger partial charge in [0.05, 0.1) is 4.47 Å². The quantitative estimate of drug-likeness (QED) is 0.939. The number of rotatable bonds is 3. The molecule has 2 rings (SSSR count). The fourth-order valence-electron chi connectivity index (χ4n) is 1.41. The largest absolute Gasteiger partial charge is 0.263 e. The molecular weight excluding hydrogens is 273 g/mol. The average Bonchev–Trinajstić information content (AvgIpc) is 2.71. The smallest absolute Gasteiger partial charge is 0.181 e. The summed E-state index contributed by atoms with van der Waals surface area (Å²) in [6.07, 6.45) is 1.86. The predicted octanol–water partition coefficient (Wildman–Crippen LogP) is 3.33. The first-order valence-corrected chi connectivity index (χ1v) is 5.86. The van der Waals surface area contributed by atoms with Crippen LogP contribution in [0.4, 0.5) is 4.39 Å². The lowest BCUT2D eigenvalue weighted by atomic mass is 10.2. The summed E-state index contributed by atoms with van der Waals surface area (Å²) in [5.74, 6) is 1.06. The highest BCUT2D eigenvalue weighted by Crippen LogP contribution is 2.22. The van der Waals surface area contributed by atoms with Crippen molar-refractivity contribution in [1.82, 2.24) is 15.2 Å². The first kappa shape index (κ1) is 11.3. The SMILES string of the molecule is CCCc1nc(-c2ccc(Br)c(F)c2)n[nH]1. The molecular formula is C11H11BrFN3. The molecule has 84 valence electrons. The first-order chi connectivity index (χ1) is 7.70. The van der Waals surface area contributed by atoms with Gasteiger partial charge < -0.3 is 0 Å². The van der Waals surface area contributed by atoms with Crippen LogP contribution in [0.5, 0.6) is 0 Å². The molecule has 1 aromatic heterocycles. The molecule has 0 spiro atoms. The number of halogens is 2. The van der Waals surface area contributed by atoms with Gasteiger partial charge in [0.15, 0.2) is 5.82 Å². The van der Waals surface area contributed by atoms with E-state index in [4.69, 9.17) is 0 Å². The van der Waals surface area contributed by atoms with Crippen LogP contribution in [0, 0.1) is 5.82 Å². The summed E-state index contributed by atoms with van der Waals surface area (Å²) in [4.78, 5) is 4.29. The Hall–Kier alpha value is -1.23. The van der Waals surface area contributed by atoms with E-state index in [2.05, 4.69) is 38.0 Å². The highest BCUT2D eigenvalue weighted by Gasteiger charge is 2.07. The number of hydrogen-bond donors (Lipinski definition) is 1. The molecule has 0 atom stereocenters. The Labute approximate surface area is 101 Å². The van der Waals surface area contributed by atoms with E-state index in [1.54, 1.807) is 12.1 Å². The zero-order valence-corrected chi connectivity index (χ0v) is 10.4. The zero-order valence-electron chi connectivity index (χ0n) is 8.80. The third kappa shape index (κ3) is 2.29. The summed E-state index contributed by atoms with van der Waals surface area (Å²) in [5.41, 5.74) is 0.680. The number of benzene rings is 1. The molecule has 5 heteroatoms. The van der Waals surface area contributed by atoms with Crippen molar-refractivity contribution in [3.8, 4) is 11.4 Å². The average molecular weight is 284 g/mol. The third-order valence-corrected chi connectivity index (χ3v) is 2.84. The maximum absolute atomic E-state index is 13.3. The Balaban J connectivity index is 2.31. The van der Waals surface area contributed by atoms with Crippen LogP contribution in [-0.2, 0) is 6.42 Å². The number of H-pyrrole nitrogens is 1. The van der Waals surface area contributed by atoms with Gasteiger partial charge in [-0.3, -0.25) is 5.10 Å². The van der Waals surface area contributed by atoms with E-state index in [0.717, 1.165) is 18.7 Å². The Morgan fingerprint density at radius 1 is 1.44 bits per heavy atom. The van der Waals surface area contributed by atoms with Crippen LogP contribution in [0.25, 0.3) is 11.4 Å². The van der Waals surface area contributed by atoms with Gasteiger partial charge >= 0.3 is 0 Å². The van der Waals surface area contributed by atoms with Gasteiger partial charge in [-0.25, -0.2) is 9.37 Å². The van der Waals surface area contributed by atoms with E-state index in [9.17, 15) is 4.39 Å². The Bertz CT molecular complexity index is 496. The van der Waals surface area contributed by atoms with E-state index >= 15 is 0 Å². The van der Waals surface area contributed by atoms with Crippen molar-refractivity contribution in [2.24, 2.45) is 0 Å². The highest BCUT2D eigenvalue weighted by atomic mass is 79.9. The topological polar surface area (TPSA) is 41.6 Å². The van der Waals surface area contributed by atoms with Gasteiger partial charge in [-0.1, -0.05) is 6.92 Å². The van der Waals surface area contributed by atoms with E-state index in [1.807, 2.05) is 0 Å². The number of aryl methyl sites for hydroxylation is 1. The molecule has 3 nitrogen and oxygen atoms in total. The monoisotopic (exact) mass is 283 g/mol. The zero-order chi connectivity index (χ0) is 11.5. The molecule has 0 amide bonds. The molecule has 0 aliphatic heterocycles. The van der Waals surface area contributed by atoms with Crippen LogP contribution in [0.1, 0.15) is 19.2 Å². The van der Waals surface area contributed by atoms with E-state index < -0.39 is 0 Å². The van der Waals surface area contributed by atoms with Crippen LogP contribution in [-0.4, -0.2) is 15.2 Å². The maximum Gasteiger partial charge on any atom is 0.181 e. The van der Waals surface area contributed by atoms with Crippen molar-refractivity contribution >= 4 is 15.9 Å². The van der Waals surface area contributed by atoms with Gasteiger partial charge in [0.2, 0.25) is 0 Å². The lowest BCUT2D eigenvalue weighted by Crippen LogP contribution is -1.86. The molecule has 1 N–H and O–H groups in total. The molecule has 0 radical (unpaired) electrons. The molecule has 0 saturated carbocycles. The minimum absolute atomic E-state index is 0.306. The van der Waals surface area contributed by atoms with Crippen LogP contribution < -0.4 is 0 Å². The molecule has 16 heavy (non-hydrogen) atoms. The molecule has 1 heterocycles. The fourth-order valence-corrected chi connectivity index (χ4v) is 1.65. The molecule has 1 aromatic carbocycles. The molecule has 0 aliphatic carbocycles. The lowest BCUT2D eigenvalue weighted by Gasteiger charge is -1.97. The Morgan fingerprint density at radius 3 is 2.94 bits per heavy atom. The number of hydrogen-bond acceptors (Lipinski definition) is 2. The molecule has 0 bridgehead atoms. The van der Waals surface area contributed by atoms with E-state index in [1.165, 1.54) is 6.07 Å². The minimum Gasteiger partial charge on any atom is -0.263 e. The Kier molecular flexibility index (Phi) is 3.33. The molecule has 2 aromatic rings. The summed E-state index contributed by atoms with van der Waals surface area (Å²) < 4.78 is 13.8. The van der Waals surface area contributed by atoms with Crippen LogP contribution in [0.15, 0.2) is 22.7 Å². The second-order valence-corrected chi connectivity index (χ2v) is 4.34. The first-order valence-electron chi connectivity index (χ1n) is 5.07. The van der Waals surface area contributed by atoms with Crippen molar-refractivity contribution in [2.75, 3.05) is 0 Å². The van der Waals surface area contributed by atoms with Crippen molar-refractivity contribution in [3.05, 3.63) is 34.3 Å². The van der Waals surface area contributed by atoms with Crippen LogP contribution in [0.3, 0.4) is 0 Å². The molecule has 0 aliphatic rings. The van der Waals surface area contributed by atoms with Gasteiger partial charge in [-0.15, -0.1) is 0 Å². The summed E-state index contributed by atoms with van der Waals surface area (Å²) >= 11 is 3.11. The highest BCUT2D eigenvalue weighted by molar-refractivity contribution is 9.10. The third-order valence-electron chi connectivity index (χ3n) is 2.20. The Morgan fingerprint density at radius 2 is 2.25 bits per heavy atom. The van der Waals surface area contributed by atoms with Gasteiger partial charge in [0.25, 0.3) is 0 Å². The number of aromatic amines is 1. The summed E-state index contributed by atoms with van der Waals surface area (Å²) in [5, 5.41) is 6.90. The summed E-state index contributed by atoms with van der Waals surface area (Å²) in [6, 6.07) is 4.86. The van der Waals surface area contributed by atoms with Crippen LogP contribution in [0.2, 0.25) is 0 Å². The molecule has 0 fully saturated rings. The number of nitrogens with one attached hydrogen (secondary N) is 1. The van der Waals surface area contributed by atoms with Crippen LogP contribution >= 0.6 is 15.9 Å². The summed E-state index contributed by atoms with van der Waals surface area (Å²) in [7, 11) is 0. The lowest BCUT2D eigenvalue weighted by molar-refractivity contribution is 0.621. The van der Waals surface area contributed by atoms with Gasteiger partial charge in [-0.2, -0.15) is 5.10 Å². The van der Waals surface area contributed by atoms with Gasteiger partial charge in [0.1, 0.15) is 11.6 Å². The fraction of sp³-hybridized carbons (Fsp3) is 0.273.